The van der Waals surface area contributed by atoms with Gasteiger partial charge in [0.15, 0.2) is 0 Å². The SMILES string of the molecule is COC(=O)C(C)CN1CCC1C(N)=O. The molecule has 1 fully saturated rings. The van der Waals surface area contributed by atoms with Gasteiger partial charge in [-0.1, -0.05) is 6.92 Å². The van der Waals surface area contributed by atoms with Gasteiger partial charge in [-0.25, -0.2) is 0 Å². The minimum Gasteiger partial charge on any atom is -0.469 e. The molecule has 0 aromatic carbocycles. The average molecular weight is 200 g/mol. The molecule has 1 amide bonds. The van der Waals surface area contributed by atoms with Crippen molar-refractivity contribution in [1.29, 1.82) is 0 Å². The van der Waals surface area contributed by atoms with E-state index in [4.69, 9.17) is 5.73 Å². The van der Waals surface area contributed by atoms with Crippen molar-refractivity contribution in [2.24, 2.45) is 11.7 Å². The summed E-state index contributed by atoms with van der Waals surface area (Å²) in [5.41, 5.74) is 5.18. The fourth-order valence-electron chi connectivity index (χ4n) is 1.61. The minimum atomic E-state index is -0.312. The number of primary amides is 1. The van der Waals surface area contributed by atoms with E-state index in [9.17, 15) is 9.59 Å². The van der Waals surface area contributed by atoms with Crippen molar-refractivity contribution in [1.82, 2.24) is 4.90 Å². The normalized spacial score (nSPS) is 23.7. The molecule has 0 aromatic rings. The van der Waals surface area contributed by atoms with Crippen LogP contribution in [0.5, 0.6) is 0 Å². The fourth-order valence-corrected chi connectivity index (χ4v) is 1.61. The van der Waals surface area contributed by atoms with Gasteiger partial charge in [-0.05, 0) is 6.42 Å². The molecular weight excluding hydrogens is 184 g/mol. The van der Waals surface area contributed by atoms with Crippen molar-refractivity contribution in [2.75, 3.05) is 20.2 Å². The van der Waals surface area contributed by atoms with Gasteiger partial charge in [0, 0.05) is 13.1 Å². The molecule has 80 valence electrons. The Morgan fingerprint density at radius 2 is 2.29 bits per heavy atom. The Kier molecular flexibility index (Phi) is 3.46. The van der Waals surface area contributed by atoms with E-state index in [1.165, 1.54) is 7.11 Å². The number of carbonyl (C=O) groups is 2. The maximum atomic E-state index is 11.1. The lowest BCUT2D eigenvalue weighted by Gasteiger charge is -2.39. The molecule has 0 spiro atoms. The molecule has 0 radical (unpaired) electrons. The third kappa shape index (κ3) is 2.23. The molecule has 14 heavy (non-hydrogen) atoms. The zero-order valence-electron chi connectivity index (χ0n) is 8.53. The molecule has 1 rings (SSSR count). The molecule has 1 aliphatic rings. The van der Waals surface area contributed by atoms with Crippen LogP contribution in [0.15, 0.2) is 0 Å². The van der Waals surface area contributed by atoms with Gasteiger partial charge in [-0.15, -0.1) is 0 Å². The summed E-state index contributed by atoms with van der Waals surface area (Å²) in [5, 5.41) is 0. The van der Waals surface area contributed by atoms with Gasteiger partial charge in [0.05, 0.1) is 19.1 Å². The van der Waals surface area contributed by atoms with Crippen LogP contribution in [0.25, 0.3) is 0 Å². The largest absolute Gasteiger partial charge is 0.469 e. The Balaban J connectivity index is 2.38. The van der Waals surface area contributed by atoms with E-state index in [0.29, 0.717) is 6.54 Å². The van der Waals surface area contributed by atoms with Crippen molar-refractivity contribution >= 4 is 11.9 Å². The van der Waals surface area contributed by atoms with Gasteiger partial charge in [-0.2, -0.15) is 0 Å². The van der Waals surface area contributed by atoms with Crippen molar-refractivity contribution in [2.45, 2.75) is 19.4 Å². The summed E-state index contributed by atoms with van der Waals surface area (Å²) in [4.78, 5) is 23.9. The number of hydrogen-bond acceptors (Lipinski definition) is 4. The molecular formula is C9H16N2O3. The highest BCUT2D eigenvalue weighted by molar-refractivity contribution is 5.81. The minimum absolute atomic E-state index is 0.192. The van der Waals surface area contributed by atoms with Crippen LogP contribution in [0.4, 0.5) is 0 Å². The second kappa shape index (κ2) is 4.41. The van der Waals surface area contributed by atoms with E-state index in [2.05, 4.69) is 4.74 Å². The highest BCUT2D eigenvalue weighted by atomic mass is 16.5. The van der Waals surface area contributed by atoms with E-state index in [1.54, 1.807) is 6.92 Å². The lowest BCUT2D eigenvalue weighted by atomic mass is 10.00. The lowest BCUT2D eigenvalue weighted by Crippen LogP contribution is -2.56. The highest BCUT2D eigenvalue weighted by Crippen LogP contribution is 2.18. The second-order valence-electron chi connectivity index (χ2n) is 3.63. The first kappa shape index (κ1) is 11.0. The lowest BCUT2D eigenvalue weighted by molar-refractivity contribution is -0.147. The standard InChI is InChI=1S/C9H16N2O3/c1-6(9(13)14-2)5-11-4-3-7(11)8(10)12/h6-7H,3-5H2,1-2H3,(H2,10,12). The summed E-state index contributed by atoms with van der Waals surface area (Å²) < 4.78 is 4.60. The summed E-state index contributed by atoms with van der Waals surface area (Å²) in [6.45, 7) is 3.15. The second-order valence-corrected chi connectivity index (χ2v) is 3.63. The quantitative estimate of drug-likeness (QED) is 0.612. The molecule has 5 nitrogen and oxygen atoms in total. The van der Waals surface area contributed by atoms with Crippen LogP contribution in [-0.2, 0) is 14.3 Å². The zero-order chi connectivity index (χ0) is 10.7. The van der Waals surface area contributed by atoms with Gasteiger partial charge in [0.2, 0.25) is 5.91 Å². The Morgan fingerprint density at radius 3 is 2.64 bits per heavy atom. The monoisotopic (exact) mass is 200 g/mol. The van der Waals surface area contributed by atoms with Crippen molar-refractivity contribution in [3.05, 3.63) is 0 Å². The predicted molar refractivity (Wildman–Crippen MR) is 50.4 cm³/mol. The summed E-state index contributed by atoms with van der Waals surface area (Å²) >= 11 is 0. The first-order chi connectivity index (χ1) is 6.56. The number of hydrogen-bond donors (Lipinski definition) is 1. The van der Waals surface area contributed by atoms with Crippen molar-refractivity contribution in [3.8, 4) is 0 Å². The number of nitrogens with two attached hydrogens (primary N) is 1. The molecule has 0 aromatic heterocycles. The summed E-state index contributed by atoms with van der Waals surface area (Å²) in [6.07, 6.45) is 0.795. The number of likely N-dealkylation sites (tertiary alicyclic amines) is 1. The number of amides is 1. The average Bonchev–Trinajstić information content (AvgIpc) is 2.09. The van der Waals surface area contributed by atoms with E-state index in [0.717, 1.165) is 13.0 Å². The van der Waals surface area contributed by atoms with E-state index in [-0.39, 0.29) is 23.8 Å². The molecule has 2 N–H and O–H groups in total. The van der Waals surface area contributed by atoms with Gasteiger partial charge in [0.1, 0.15) is 0 Å². The fraction of sp³-hybridized carbons (Fsp3) is 0.778. The number of nitrogens with zero attached hydrogens (tertiary/aromatic N) is 1. The van der Waals surface area contributed by atoms with Gasteiger partial charge >= 0.3 is 5.97 Å². The van der Waals surface area contributed by atoms with Crippen LogP contribution in [0.2, 0.25) is 0 Å². The number of carbonyl (C=O) groups excluding carboxylic acids is 2. The van der Waals surface area contributed by atoms with Crippen LogP contribution >= 0.6 is 0 Å². The molecule has 5 heteroatoms. The molecule has 2 unspecified atom stereocenters. The topological polar surface area (TPSA) is 72.6 Å². The summed E-state index contributed by atoms with van der Waals surface area (Å²) in [5.74, 6) is -0.768. The van der Waals surface area contributed by atoms with E-state index < -0.39 is 0 Å². The van der Waals surface area contributed by atoms with Gasteiger partial charge in [0.25, 0.3) is 0 Å². The number of methoxy groups -OCH3 is 1. The maximum Gasteiger partial charge on any atom is 0.309 e. The van der Waals surface area contributed by atoms with Gasteiger partial charge in [-0.3, -0.25) is 14.5 Å². The van der Waals surface area contributed by atoms with Gasteiger partial charge < -0.3 is 10.5 Å². The zero-order valence-corrected chi connectivity index (χ0v) is 8.53. The van der Waals surface area contributed by atoms with Crippen LogP contribution in [-0.4, -0.2) is 43.0 Å². The molecule has 1 saturated heterocycles. The first-order valence-corrected chi connectivity index (χ1v) is 4.67. The Bertz CT molecular complexity index is 242. The molecule has 1 aliphatic heterocycles. The molecule has 0 saturated carbocycles. The smallest absolute Gasteiger partial charge is 0.309 e. The van der Waals surface area contributed by atoms with E-state index >= 15 is 0 Å². The third-order valence-electron chi connectivity index (χ3n) is 2.57. The highest BCUT2D eigenvalue weighted by Gasteiger charge is 2.34. The Labute approximate surface area is 83.2 Å². The maximum absolute atomic E-state index is 11.1. The van der Waals surface area contributed by atoms with Crippen molar-refractivity contribution < 1.29 is 14.3 Å². The summed E-state index contributed by atoms with van der Waals surface area (Å²) in [7, 11) is 1.36. The number of esters is 1. The summed E-state index contributed by atoms with van der Waals surface area (Å²) in [6, 6.07) is -0.192. The van der Waals surface area contributed by atoms with Crippen LogP contribution < -0.4 is 5.73 Å². The molecule has 2 atom stereocenters. The van der Waals surface area contributed by atoms with Crippen LogP contribution in [0, 0.1) is 5.92 Å². The first-order valence-electron chi connectivity index (χ1n) is 4.67. The molecule has 0 aliphatic carbocycles. The van der Waals surface area contributed by atoms with Crippen LogP contribution in [0.3, 0.4) is 0 Å². The Hall–Kier alpha value is -1.10. The number of ether oxygens (including phenoxy) is 1. The van der Waals surface area contributed by atoms with Crippen molar-refractivity contribution in [3.63, 3.8) is 0 Å². The Morgan fingerprint density at radius 1 is 1.64 bits per heavy atom. The number of rotatable bonds is 4. The predicted octanol–water partition coefficient (Wildman–Crippen LogP) is -0.645. The molecule has 0 bridgehead atoms. The molecule has 1 heterocycles. The third-order valence-corrected chi connectivity index (χ3v) is 2.57. The van der Waals surface area contributed by atoms with Crippen LogP contribution in [0.1, 0.15) is 13.3 Å². The van der Waals surface area contributed by atoms with E-state index in [1.807, 2.05) is 4.90 Å².